The van der Waals surface area contributed by atoms with Crippen LogP contribution in [0.5, 0.6) is 5.75 Å². The van der Waals surface area contributed by atoms with Crippen LogP contribution in [0.1, 0.15) is 35.9 Å². The Morgan fingerprint density at radius 1 is 1.17 bits per heavy atom. The van der Waals surface area contributed by atoms with E-state index in [9.17, 15) is 9.59 Å². The second-order valence-electron chi connectivity index (χ2n) is 5.16. The molecule has 0 bridgehead atoms. The number of para-hydroxylation sites is 1. The molecule has 1 unspecified atom stereocenters. The zero-order valence-corrected chi connectivity index (χ0v) is 13.8. The number of nitrogens with one attached hydrogen (secondary N) is 2. The average molecular weight is 327 g/mol. The van der Waals surface area contributed by atoms with Crippen molar-refractivity contribution in [2.75, 3.05) is 13.2 Å². The fourth-order valence-corrected chi connectivity index (χ4v) is 2.19. The predicted molar refractivity (Wildman–Crippen MR) is 90.7 cm³/mol. The monoisotopic (exact) mass is 327 g/mol. The molecular weight excluding hydrogens is 306 g/mol. The van der Waals surface area contributed by atoms with Gasteiger partial charge in [0.1, 0.15) is 5.75 Å². The van der Waals surface area contributed by atoms with E-state index in [4.69, 9.17) is 4.74 Å². The number of rotatable bonds is 7. The quantitative estimate of drug-likeness (QED) is 0.816. The number of carbonyl (C=O) groups excluding carboxylic acids is 2. The highest BCUT2D eigenvalue weighted by molar-refractivity contribution is 5.98. The fourth-order valence-electron chi connectivity index (χ4n) is 2.19. The molecule has 0 spiro atoms. The van der Waals surface area contributed by atoms with E-state index in [2.05, 4.69) is 15.6 Å². The number of benzene rings is 1. The van der Waals surface area contributed by atoms with Crippen molar-refractivity contribution < 1.29 is 14.3 Å². The van der Waals surface area contributed by atoms with Gasteiger partial charge in [0.2, 0.25) is 5.91 Å². The van der Waals surface area contributed by atoms with Gasteiger partial charge < -0.3 is 15.4 Å². The summed E-state index contributed by atoms with van der Waals surface area (Å²) in [5, 5.41) is 5.40. The summed E-state index contributed by atoms with van der Waals surface area (Å²) in [5.41, 5.74) is 1.17. The van der Waals surface area contributed by atoms with Crippen LogP contribution in [0, 0.1) is 0 Å². The predicted octanol–water partition coefficient (Wildman–Crippen LogP) is 2.09. The molecule has 1 aromatic heterocycles. The Bertz CT molecular complexity index is 689. The van der Waals surface area contributed by atoms with Crippen molar-refractivity contribution in [1.82, 2.24) is 15.6 Å². The Balaban J connectivity index is 1.89. The van der Waals surface area contributed by atoms with Gasteiger partial charge in [0.15, 0.2) is 0 Å². The Hall–Kier alpha value is -2.89. The number of aromatic nitrogens is 1. The molecule has 2 aromatic rings. The third kappa shape index (κ3) is 4.81. The first kappa shape index (κ1) is 17.5. The summed E-state index contributed by atoms with van der Waals surface area (Å²) >= 11 is 0. The van der Waals surface area contributed by atoms with Gasteiger partial charge in [-0.15, -0.1) is 0 Å². The van der Waals surface area contributed by atoms with Crippen molar-refractivity contribution >= 4 is 11.8 Å². The lowest BCUT2D eigenvalue weighted by Crippen LogP contribution is -2.38. The molecular formula is C18H21N3O3. The number of hydrogen-bond donors (Lipinski definition) is 2. The Kier molecular flexibility index (Phi) is 6.31. The highest BCUT2D eigenvalue weighted by Gasteiger charge is 2.14. The van der Waals surface area contributed by atoms with E-state index < -0.39 is 0 Å². The van der Waals surface area contributed by atoms with E-state index in [1.807, 2.05) is 32.0 Å². The van der Waals surface area contributed by atoms with Crippen molar-refractivity contribution in [3.05, 3.63) is 59.9 Å². The molecule has 0 saturated carbocycles. The minimum atomic E-state index is -0.348. The fraction of sp³-hybridized carbons (Fsp3) is 0.278. The summed E-state index contributed by atoms with van der Waals surface area (Å²) in [6.07, 6.45) is 1.67. The Morgan fingerprint density at radius 2 is 1.92 bits per heavy atom. The van der Waals surface area contributed by atoms with Gasteiger partial charge in [-0.2, -0.15) is 0 Å². The second kappa shape index (κ2) is 8.67. The van der Waals surface area contributed by atoms with Gasteiger partial charge in [-0.25, -0.2) is 0 Å². The molecule has 2 amide bonds. The van der Waals surface area contributed by atoms with E-state index in [-0.39, 0.29) is 24.4 Å². The summed E-state index contributed by atoms with van der Waals surface area (Å²) in [6.45, 7) is 4.04. The Labute approximate surface area is 141 Å². The Morgan fingerprint density at radius 3 is 2.62 bits per heavy atom. The van der Waals surface area contributed by atoms with Crippen LogP contribution in [0.2, 0.25) is 0 Å². The van der Waals surface area contributed by atoms with E-state index in [1.54, 1.807) is 30.5 Å². The number of amides is 2. The third-order valence-electron chi connectivity index (χ3n) is 3.35. The number of nitrogens with zero attached hydrogens (tertiary/aromatic N) is 1. The van der Waals surface area contributed by atoms with Crippen LogP contribution in [-0.2, 0) is 4.79 Å². The molecule has 0 aliphatic rings. The average Bonchev–Trinajstić information content (AvgIpc) is 2.61. The lowest BCUT2D eigenvalue weighted by molar-refractivity contribution is -0.120. The SMILES string of the molecule is CCOc1ccccc1C(=O)NCC(=O)NC(C)c1ccccn1. The summed E-state index contributed by atoms with van der Waals surface area (Å²) in [5.74, 6) is -0.130. The molecule has 6 heteroatoms. The van der Waals surface area contributed by atoms with Gasteiger partial charge in [0, 0.05) is 6.20 Å². The van der Waals surface area contributed by atoms with Crippen molar-refractivity contribution in [3.63, 3.8) is 0 Å². The van der Waals surface area contributed by atoms with Crippen LogP contribution in [0.15, 0.2) is 48.7 Å². The largest absolute Gasteiger partial charge is 0.493 e. The molecule has 0 radical (unpaired) electrons. The molecule has 0 fully saturated rings. The smallest absolute Gasteiger partial charge is 0.255 e. The van der Waals surface area contributed by atoms with Crippen molar-refractivity contribution in [1.29, 1.82) is 0 Å². The maximum absolute atomic E-state index is 12.2. The highest BCUT2D eigenvalue weighted by Crippen LogP contribution is 2.17. The van der Waals surface area contributed by atoms with Gasteiger partial charge in [0.05, 0.1) is 30.5 Å². The summed E-state index contributed by atoms with van der Waals surface area (Å²) in [4.78, 5) is 28.4. The first-order valence-electron chi connectivity index (χ1n) is 7.82. The molecule has 24 heavy (non-hydrogen) atoms. The normalized spacial score (nSPS) is 11.4. The van der Waals surface area contributed by atoms with Crippen molar-refractivity contribution in [2.24, 2.45) is 0 Å². The van der Waals surface area contributed by atoms with Crippen LogP contribution >= 0.6 is 0 Å². The highest BCUT2D eigenvalue weighted by atomic mass is 16.5. The molecule has 1 heterocycles. The molecule has 126 valence electrons. The summed E-state index contributed by atoms with van der Waals surface area (Å²) in [7, 11) is 0. The molecule has 0 saturated heterocycles. The van der Waals surface area contributed by atoms with Crippen LogP contribution in [0.4, 0.5) is 0 Å². The standard InChI is InChI=1S/C18H21N3O3/c1-3-24-16-10-5-4-8-14(16)18(23)20-12-17(22)21-13(2)15-9-6-7-11-19-15/h4-11,13H,3,12H2,1-2H3,(H,20,23)(H,21,22). The first-order chi connectivity index (χ1) is 11.6. The van der Waals surface area contributed by atoms with Gasteiger partial charge >= 0.3 is 0 Å². The molecule has 2 rings (SSSR count). The lowest BCUT2D eigenvalue weighted by Gasteiger charge is -2.14. The minimum absolute atomic E-state index is 0.115. The maximum Gasteiger partial charge on any atom is 0.255 e. The number of ether oxygens (including phenoxy) is 1. The molecule has 1 aromatic carbocycles. The van der Waals surface area contributed by atoms with Crippen LogP contribution in [-0.4, -0.2) is 29.9 Å². The topological polar surface area (TPSA) is 80.3 Å². The third-order valence-corrected chi connectivity index (χ3v) is 3.35. The zero-order chi connectivity index (χ0) is 17.4. The van der Waals surface area contributed by atoms with E-state index >= 15 is 0 Å². The van der Waals surface area contributed by atoms with Crippen LogP contribution < -0.4 is 15.4 Å². The summed E-state index contributed by atoms with van der Waals surface area (Å²) < 4.78 is 5.42. The van der Waals surface area contributed by atoms with Crippen molar-refractivity contribution in [3.8, 4) is 5.75 Å². The van der Waals surface area contributed by atoms with Gasteiger partial charge in [0.25, 0.3) is 5.91 Å². The number of pyridine rings is 1. The molecule has 0 aliphatic carbocycles. The van der Waals surface area contributed by atoms with Crippen molar-refractivity contribution in [2.45, 2.75) is 19.9 Å². The molecule has 2 N–H and O–H groups in total. The second-order valence-corrected chi connectivity index (χ2v) is 5.16. The van der Waals surface area contributed by atoms with Gasteiger partial charge in [-0.3, -0.25) is 14.6 Å². The first-order valence-corrected chi connectivity index (χ1v) is 7.82. The van der Waals surface area contributed by atoms with Gasteiger partial charge in [-0.1, -0.05) is 18.2 Å². The molecule has 1 atom stereocenters. The maximum atomic E-state index is 12.2. The number of carbonyl (C=O) groups is 2. The lowest BCUT2D eigenvalue weighted by atomic mass is 10.2. The van der Waals surface area contributed by atoms with Crippen LogP contribution in [0.25, 0.3) is 0 Å². The zero-order valence-electron chi connectivity index (χ0n) is 13.8. The van der Waals surface area contributed by atoms with E-state index in [0.717, 1.165) is 5.69 Å². The van der Waals surface area contributed by atoms with E-state index in [1.165, 1.54) is 0 Å². The van der Waals surface area contributed by atoms with Gasteiger partial charge in [-0.05, 0) is 38.1 Å². The van der Waals surface area contributed by atoms with Crippen LogP contribution in [0.3, 0.4) is 0 Å². The van der Waals surface area contributed by atoms with E-state index in [0.29, 0.717) is 17.9 Å². The summed E-state index contributed by atoms with van der Waals surface area (Å²) in [6, 6.07) is 12.2. The minimum Gasteiger partial charge on any atom is -0.493 e. The molecule has 6 nitrogen and oxygen atoms in total. The molecule has 0 aliphatic heterocycles. The number of hydrogen-bond acceptors (Lipinski definition) is 4.